The topological polar surface area (TPSA) is 47.6 Å². The molecule has 0 aliphatic carbocycles. The molecule has 7 heteroatoms. The zero-order chi connectivity index (χ0) is 18.2. The molecule has 0 heterocycles. The summed E-state index contributed by atoms with van der Waals surface area (Å²) < 4.78 is 34.0. The molecular formula is C18H18ClF2NO3. The predicted molar refractivity (Wildman–Crippen MR) is 91.5 cm³/mol. The van der Waals surface area contributed by atoms with E-state index in [4.69, 9.17) is 16.3 Å². The molecule has 0 aliphatic rings. The van der Waals surface area contributed by atoms with Gasteiger partial charge in [-0.3, -0.25) is 4.79 Å². The molecule has 25 heavy (non-hydrogen) atoms. The van der Waals surface area contributed by atoms with Gasteiger partial charge in [0.25, 0.3) is 0 Å². The van der Waals surface area contributed by atoms with Crippen molar-refractivity contribution in [3.05, 3.63) is 58.6 Å². The maximum absolute atomic E-state index is 12.3. The number of alkyl halides is 2. The standard InChI is InChI=1S/C18H18ClF2NO3/c1-24-16-10-12(6-7-15(16)25-18(20)21)8-9-22-17(23)11-13-4-2-3-5-14(13)19/h2-7,10,18H,8-9,11H2,1H3,(H,22,23). The fraction of sp³-hybridized carbons (Fsp3) is 0.278. The Morgan fingerprint density at radius 1 is 1.20 bits per heavy atom. The van der Waals surface area contributed by atoms with Crippen LogP contribution in [-0.4, -0.2) is 26.2 Å². The fourth-order valence-electron chi connectivity index (χ4n) is 2.28. The number of halogens is 3. The minimum atomic E-state index is -2.91. The summed E-state index contributed by atoms with van der Waals surface area (Å²) in [5.74, 6) is 0.0573. The maximum atomic E-state index is 12.3. The second-order valence-corrected chi connectivity index (χ2v) is 5.64. The zero-order valence-corrected chi connectivity index (χ0v) is 14.4. The van der Waals surface area contributed by atoms with Gasteiger partial charge >= 0.3 is 6.61 Å². The molecule has 0 unspecified atom stereocenters. The third-order valence-electron chi connectivity index (χ3n) is 3.49. The first-order valence-corrected chi connectivity index (χ1v) is 7.99. The summed E-state index contributed by atoms with van der Waals surface area (Å²) in [7, 11) is 1.38. The van der Waals surface area contributed by atoms with Crippen LogP contribution in [0.1, 0.15) is 11.1 Å². The highest BCUT2D eigenvalue weighted by Crippen LogP contribution is 2.29. The van der Waals surface area contributed by atoms with Gasteiger partial charge in [0.2, 0.25) is 5.91 Å². The number of hydrogen-bond acceptors (Lipinski definition) is 3. The summed E-state index contributed by atoms with van der Waals surface area (Å²) in [5, 5.41) is 3.35. The lowest BCUT2D eigenvalue weighted by atomic mass is 10.1. The Kier molecular flexibility index (Phi) is 7.01. The molecular weight excluding hydrogens is 352 g/mol. The van der Waals surface area contributed by atoms with Gasteiger partial charge in [0.1, 0.15) is 0 Å². The zero-order valence-electron chi connectivity index (χ0n) is 13.6. The number of methoxy groups -OCH3 is 1. The molecule has 0 aromatic heterocycles. The van der Waals surface area contributed by atoms with Crippen LogP contribution >= 0.6 is 11.6 Å². The minimum Gasteiger partial charge on any atom is -0.493 e. The van der Waals surface area contributed by atoms with Gasteiger partial charge in [-0.25, -0.2) is 0 Å². The summed E-state index contributed by atoms with van der Waals surface area (Å²) >= 11 is 6.02. The highest BCUT2D eigenvalue weighted by atomic mass is 35.5. The SMILES string of the molecule is COc1cc(CCNC(=O)Cc2ccccc2Cl)ccc1OC(F)F. The smallest absolute Gasteiger partial charge is 0.387 e. The van der Waals surface area contributed by atoms with Crippen molar-refractivity contribution in [2.45, 2.75) is 19.5 Å². The van der Waals surface area contributed by atoms with Crippen molar-refractivity contribution in [3.8, 4) is 11.5 Å². The monoisotopic (exact) mass is 369 g/mol. The summed E-state index contributed by atoms with van der Waals surface area (Å²) in [5.41, 5.74) is 1.59. The van der Waals surface area contributed by atoms with Crippen LogP contribution in [0.5, 0.6) is 11.5 Å². The van der Waals surface area contributed by atoms with Gasteiger partial charge in [-0.15, -0.1) is 0 Å². The first-order chi connectivity index (χ1) is 12.0. The van der Waals surface area contributed by atoms with Gasteiger partial charge in [0, 0.05) is 11.6 Å². The van der Waals surface area contributed by atoms with E-state index in [2.05, 4.69) is 10.1 Å². The first-order valence-electron chi connectivity index (χ1n) is 7.61. The predicted octanol–water partition coefficient (Wildman–Crippen LogP) is 3.85. The van der Waals surface area contributed by atoms with Gasteiger partial charge in [-0.1, -0.05) is 35.9 Å². The van der Waals surface area contributed by atoms with E-state index in [9.17, 15) is 13.6 Å². The maximum Gasteiger partial charge on any atom is 0.387 e. The van der Waals surface area contributed by atoms with Crippen LogP contribution in [0.2, 0.25) is 5.02 Å². The van der Waals surface area contributed by atoms with Crippen LogP contribution in [0.4, 0.5) is 8.78 Å². The van der Waals surface area contributed by atoms with E-state index in [0.29, 0.717) is 18.0 Å². The van der Waals surface area contributed by atoms with Crippen LogP contribution in [-0.2, 0) is 17.6 Å². The fourth-order valence-corrected chi connectivity index (χ4v) is 2.49. The van der Waals surface area contributed by atoms with Gasteiger partial charge < -0.3 is 14.8 Å². The molecule has 0 bridgehead atoms. The lowest BCUT2D eigenvalue weighted by Gasteiger charge is -2.12. The number of amides is 1. The molecule has 2 aromatic rings. The van der Waals surface area contributed by atoms with Crippen LogP contribution in [0.15, 0.2) is 42.5 Å². The molecule has 0 radical (unpaired) electrons. The second kappa shape index (κ2) is 9.22. The van der Waals surface area contributed by atoms with Gasteiger partial charge in [-0.2, -0.15) is 8.78 Å². The third kappa shape index (κ3) is 5.90. The number of carbonyl (C=O) groups is 1. The molecule has 0 spiro atoms. The van der Waals surface area contributed by atoms with E-state index in [1.54, 1.807) is 30.3 Å². The van der Waals surface area contributed by atoms with Gasteiger partial charge in [-0.05, 0) is 35.7 Å². The molecule has 0 aliphatic heterocycles. The normalized spacial score (nSPS) is 10.6. The van der Waals surface area contributed by atoms with E-state index in [1.807, 2.05) is 6.07 Å². The molecule has 4 nitrogen and oxygen atoms in total. The summed E-state index contributed by atoms with van der Waals surface area (Å²) in [6, 6.07) is 11.8. The Hall–Kier alpha value is -2.34. The third-order valence-corrected chi connectivity index (χ3v) is 3.86. The minimum absolute atomic E-state index is 0.0241. The summed E-state index contributed by atoms with van der Waals surface area (Å²) in [4.78, 5) is 12.0. The molecule has 0 saturated heterocycles. The number of benzene rings is 2. The van der Waals surface area contributed by atoms with Crippen molar-refractivity contribution in [1.29, 1.82) is 0 Å². The summed E-state index contributed by atoms with van der Waals surface area (Å²) in [6.07, 6.45) is 0.726. The Balaban J connectivity index is 1.87. The van der Waals surface area contributed by atoms with E-state index >= 15 is 0 Å². The highest BCUT2D eigenvalue weighted by Gasteiger charge is 2.11. The van der Waals surface area contributed by atoms with Gasteiger partial charge in [0.15, 0.2) is 11.5 Å². The van der Waals surface area contributed by atoms with Gasteiger partial charge in [0.05, 0.1) is 13.5 Å². The number of hydrogen-bond donors (Lipinski definition) is 1. The number of ether oxygens (including phenoxy) is 2. The number of carbonyl (C=O) groups excluding carboxylic acids is 1. The van der Waals surface area contributed by atoms with Crippen molar-refractivity contribution < 1.29 is 23.0 Å². The van der Waals surface area contributed by atoms with Crippen molar-refractivity contribution in [1.82, 2.24) is 5.32 Å². The molecule has 1 amide bonds. The molecule has 0 fully saturated rings. The van der Waals surface area contributed by atoms with Crippen LogP contribution in [0, 0.1) is 0 Å². The van der Waals surface area contributed by atoms with E-state index in [1.165, 1.54) is 13.2 Å². The van der Waals surface area contributed by atoms with Crippen molar-refractivity contribution >= 4 is 17.5 Å². The highest BCUT2D eigenvalue weighted by molar-refractivity contribution is 6.31. The molecule has 134 valence electrons. The number of nitrogens with one attached hydrogen (secondary N) is 1. The second-order valence-electron chi connectivity index (χ2n) is 5.23. The molecule has 1 N–H and O–H groups in total. The molecule has 0 atom stereocenters. The van der Waals surface area contributed by atoms with Crippen molar-refractivity contribution in [3.63, 3.8) is 0 Å². The quantitative estimate of drug-likeness (QED) is 0.768. The Morgan fingerprint density at radius 3 is 2.64 bits per heavy atom. The summed E-state index contributed by atoms with van der Waals surface area (Å²) in [6.45, 7) is -2.51. The lowest BCUT2D eigenvalue weighted by molar-refractivity contribution is -0.120. The lowest BCUT2D eigenvalue weighted by Crippen LogP contribution is -2.27. The Bertz CT molecular complexity index is 725. The molecule has 2 aromatic carbocycles. The molecule has 2 rings (SSSR count). The van der Waals surface area contributed by atoms with Crippen LogP contribution < -0.4 is 14.8 Å². The van der Waals surface area contributed by atoms with E-state index in [0.717, 1.165) is 11.1 Å². The van der Waals surface area contributed by atoms with Crippen LogP contribution in [0.3, 0.4) is 0 Å². The Morgan fingerprint density at radius 2 is 1.96 bits per heavy atom. The largest absolute Gasteiger partial charge is 0.493 e. The average molecular weight is 370 g/mol. The van der Waals surface area contributed by atoms with Crippen LogP contribution in [0.25, 0.3) is 0 Å². The number of rotatable bonds is 8. The average Bonchev–Trinajstić information content (AvgIpc) is 2.57. The van der Waals surface area contributed by atoms with E-state index in [-0.39, 0.29) is 23.8 Å². The Labute approximate surface area is 149 Å². The van der Waals surface area contributed by atoms with Crippen molar-refractivity contribution in [2.24, 2.45) is 0 Å². The first kappa shape index (κ1) is 19.0. The van der Waals surface area contributed by atoms with Crippen molar-refractivity contribution in [2.75, 3.05) is 13.7 Å². The molecule has 0 saturated carbocycles. The van der Waals surface area contributed by atoms with E-state index < -0.39 is 6.61 Å².